The van der Waals surface area contributed by atoms with Gasteiger partial charge >= 0.3 is 6.09 Å². The van der Waals surface area contributed by atoms with Crippen LogP contribution in [0.25, 0.3) is 11.1 Å². The SMILES string of the molecule is CCC1CN(C(=O)OCC2c3ccccc3-c3ccccc32)C2C(=O)COC12. The fourth-order valence-corrected chi connectivity index (χ4v) is 4.98. The van der Waals surface area contributed by atoms with Crippen molar-refractivity contribution in [2.75, 3.05) is 19.8 Å². The number of likely N-dealkylation sites (tertiary alicyclic amines) is 1. The van der Waals surface area contributed by atoms with E-state index in [1.807, 2.05) is 24.3 Å². The van der Waals surface area contributed by atoms with Crippen LogP contribution in [0.2, 0.25) is 0 Å². The van der Waals surface area contributed by atoms with Gasteiger partial charge in [-0.2, -0.15) is 0 Å². The second kappa shape index (κ2) is 6.74. The lowest BCUT2D eigenvalue weighted by Crippen LogP contribution is -2.42. The molecular formula is C23H23NO4. The molecule has 0 aromatic heterocycles. The number of carbonyl (C=O) groups excluding carboxylic acids is 2. The number of fused-ring (bicyclic) bond motifs is 4. The molecule has 0 N–H and O–H groups in total. The van der Waals surface area contributed by atoms with Crippen LogP contribution in [0.5, 0.6) is 0 Å². The van der Waals surface area contributed by atoms with Gasteiger partial charge in [-0.25, -0.2) is 4.79 Å². The van der Waals surface area contributed by atoms with Crippen molar-refractivity contribution in [1.82, 2.24) is 4.90 Å². The highest BCUT2D eigenvalue weighted by Gasteiger charge is 2.52. The highest BCUT2D eigenvalue weighted by molar-refractivity contribution is 5.91. The Hall–Kier alpha value is -2.66. The van der Waals surface area contributed by atoms with Crippen LogP contribution in [-0.2, 0) is 14.3 Å². The Labute approximate surface area is 164 Å². The van der Waals surface area contributed by atoms with E-state index >= 15 is 0 Å². The van der Waals surface area contributed by atoms with Crippen molar-refractivity contribution in [2.45, 2.75) is 31.4 Å². The number of ketones is 1. The van der Waals surface area contributed by atoms with E-state index in [0.717, 1.165) is 6.42 Å². The van der Waals surface area contributed by atoms with Gasteiger partial charge in [0.15, 0.2) is 5.78 Å². The average Bonchev–Trinajstić information content (AvgIpc) is 3.38. The van der Waals surface area contributed by atoms with Gasteiger partial charge in [0.25, 0.3) is 0 Å². The topological polar surface area (TPSA) is 55.8 Å². The molecule has 2 saturated heterocycles. The molecule has 2 aromatic rings. The number of hydrogen-bond acceptors (Lipinski definition) is 4. The van der Waals surface area contributed by atoms with E-state index in [4.69, 9.17) is 9.47 Å². The maximum absolute atomic E-state index is 12.9. The standard InChI is InChI=1S/C23H23NO4/c1-2-14-11-24(21-20(25)13-27-22(14)21)23(26)28-12-19-17-9-5-3-7-15(17)16-8-4-6-10-18(16)19/h3-10,14,19,21-22H,2,11-13H2,1H3. The Kier molecular flexibility index (Phi) is 4.20. The van der Waals surface area contributed by atoms with Crippen molar-refractivity contribution in [3.63, 3.8) is 0 Å². The Bertz CT molecular complexity index is 894. The summed E-state index contributed by atoms with van der Waals surface area (Å²) in [5.41, 5.74) is 4.77. The summed E-state index contributed by atoms with van der Waals surface area (Å²) >= 11 is 0. The molecule has 5 heteroatoms. The predicted molar refractivity (Wildman–Crippen MR) is 104 cm³/mol. The molecule has 1 aliphatic carbocycles. The summed E-state index contributed by atoms with van der Waals surface area (Å²) in [5, 5.41) is 0. The first-order chi connectivity index (χ1) is 13.7. The lowest BCUT2D eigenvalue weighted by atomic mass is 9.98. The predicted octanol–water partition coefficient (Wildman–Crippen LogP) is 3.61. The lowest BCUT2D eigenvalue weighted by Gasteiger charge is -2.22. The van der Waals surface area contributed by atoms with Crippen LogP contribution in [0.1, 0.15) is 30.4 Å². The molecule has 0 bridgehead atoms. The van der Waals surface area contributed by atoms with Gasteiger partial charge in [0.1, 0.15) is 19.3 Å². The van der Waals surface area contributed by atoms with Crippen molar-refractivity contribution in [2.24, 2.45) is 5.92 Å². The van der Waals surface area contributed by atoms with Gasteiger partial charge in [-0.05, 0) is 28.7 Å². The van der Waals surface area contributed by atoms with E-state index in [9.17, 15) is 9.59 Å². The minimum atomic E-state index is -0.486. The maximum Gasteiger partial charge on any atom is 0.410 e. The Morgan fingerprint density at radius 3 is 2.39 bits per heavy atom. The van der Waals surface area contributed by atoms with Crippen LogP contribution in [0, 0.1) is 5.92 Å². The van der Waals surface area contributed by atoms with Gasteiger partial charge in [0, 0.05) is 18.4 Å². The highest BCUT2D eigenvalue weighted by Crippen LogP contribution is 2.44. The largest absolute Gasteiger partial charge is 0.448 e. The fourth-order valence-electron chi connectivity index (χ4n) is 4.98. The molecule has 2 fully saturated rings. The molecule has 3 atom stereocenters. The number of amides is 1. The second-order valence-corrected chi connectivity index (χ2v) is 7.81. The number of ether oxygens (including phenoxy) is 2. The van der Waals surface area contributed by atoms with Gasteiger partial charge in [-0.3, -0.25) is 9.69 Å². The molecule has 144 valence electrons. The molecule has 3 unspecified atom stereocenters. The summed E-state index contributed by atoms with van der Waals surface area (Å²) in [5.74, 6) is 0.193. The molecule has 5 rings (SSSR count). The Morgan fingerprint density at radius 1 is 1.11 bits per heavy atom. The molecule has 1 amide bonds. The van der Waals surface area contributed by atoms with Crippen LogP contribution in [0.3, 0.4) is 0 Å². The van der Waals surface area contributed by atoms with Gasteiger partial charge in [-0.1, -0.05) is 55.5 Å². The smallest absolute Gasteiger partial charge is 0.410 e. The van der Waals surface area contributed by atoms with Gasteiger partial charge < -0.3 is 9.47 Å². The molecule has 2 aromatic carbocycles. The lowest BCUT2D eigenvalue weighted by molar-refractivity contribution is -0.121. The number of hydrogen-bond donors (Lipinski definition) is 0. The summed E-state index contributed by atoms with van der Waals surface area (Å²) < 4.78 is 11.4. The summed E-state index contributed by atoms with van der Waals surface area (Å²) in [6.07, 6.45) is 0.284. The zero-order valence-corrected chi connectivity index (χ0v) is 15.8. The normalized spacial score (nSPS) is 25.5. The van der Waals surface area contributed by atoms with Crippen LogP contribution in [0.15, 0.2) is 48.5 Å². The first kappa shape index (κ1) is 17.4. The minimum Gasteiger partial charge on any atom is -0.448 e. The van der Waals surface area contributed by atoms with Crippen molar-refractivity contribution in [1.29, 1.82) is 0 Å². The van der Waals surface area contributed by atoms with E-state index in [1.54, 1.807) is 4.90 Å². The van der Waals surface area contributed by atoms with Crippen molar-refractivity contribution in [3.8, 4) is 11.1 Å². The third-order valence-electron chi connectivity index (χ3n) is 6.39. The summed E-state index contributed by atoms with van der Waals surface area (Å²) in [4.78, 5) is 26.7. The van der Waals surface area contributed by atoms with E-state index in [0.29, 0.717) is 6.54 Å². The summed E-state index contributed by atoms with van der Waals surface area (Å²) in [6.45, 7) is 2.95. The van der Waals surface area contributed by atoms with Crippen molar-refractivity contribution in [3.05, 3.63) is 59.7 Å². The molecular weight excluding hydrogens is 354 g/mol. The van der Waals surface area contributed by atoms with Crippen LogP contribution < -0.4 is 0 Å². The first-order valence-corrected chi connectivity index (χ1v) is 9.95. The molecule has 0 radical (unpaired) electrons. The zero-order chi connectivity index (χ0) is 19.3. The van der Waals surface area contributed by atoms with Gasteiger partial charge in [-0.15, -0.1) is 0 Å². The average molecular weight is 377 g/mol. The number of carbonyl (C=O) groups is 2. The number of Topliss-reactive ketones (excluding diaryl/α,β-unsaturated/α-hetero) is 1. The third kappa shape index (κ3) is 2.57. The summed E-state index contributed by atoms with van der Waals surface area (Å²) in [7, 11) is 0. The van der Waals surface area contributed by atoms with E-state index in [2.05, 4.69) is 31.2 Å². The van der Waals surface area contributed by atoms with Crippen molar-refractivity contribution < 1.29 is 19.1 Å². The van der Waals surface area contributed by atoms with Crippen LogP contribution >= 0.6 is 0 Å². The summed E-state index contributed by atoms with van der Waals surface area (Å²) in [6, 6.07) is 16.0. The minimum absolute atomic E-state index is 0.0190. The van der Waals surface area contributed by atoms with Gasteiger partial charge in [0.2, 0.25) is 0 Å². The molecule has 2 aliphatic heterocycles. The molecule has 28 heavy (non-hydrogen) atoms. The monoisotopic (exact) mass is 377 g/mol. The molecule has 0 saturated carbocycles. The van der Waals surface area contributed by atoms with Gasteiger partial charge in [0.05, 0.1) is 6.10 Å². The van der Waals surface area contributed by atoms with E-state index in [1.165, 1.54) is 22.3 Å². The Morgan fingerprint density at radius 2 is 1.75 bits per heavy atom. The van der Waals surface area contributed by atoms with E-state index < -0.39 is 12.1 Å². The quantitative estimate of drug-likeness (QED) is 0.820. The zero-order valence-electron chi connectivity index (χ0n) is 15.8. The maximum atomic E-state index is 12.9. The second-order valence-electron chi connectivity index (χ2n) is 7.81. The number of rotatable bonds is 3. The first-order valence-electron chi connectivity index (χ1n) is 9.95. The highest BCUT2D eigenvalue weighted by atomic mass is 16.6. The van der Waals surface area contributed by atoms with Crippen molar-refractivity contribution >= 4 is 11.9 Å². The van der Waals surface area contributed by atoms with E-state index in [-0.39, 0.29) is 36.9 Å². The number of nitrogens with zero attached hydrogens (tertiary/aromatic N) is 1. The molecule has 5 nitrogen and oxygen atoms in total. The molecule has 3 aliphatic rings. The number of benzene rings is 2. The van der Waals surface area contributed by atoms with Crippen LogP contribution in [-0.4, -0.2) is 48.7 Å². The fraction of sp³-hybridized carbons (Fsp3) is 0.391. The molecule has 0 spiro atoms. The Balaban J connectivity index is 1.35. The third-order valence-corrected chi connectivity index (χ3v) is 6.39. The molecule has 2 heterocycles. The van der Waals surface area contributed by atoms with Crippen LogP contribution in [0.4, 0.5) is 4.79 Å².